The highest BCUT2D eigenvalue weighted by atomic mass is 32.1. The fourth-order valence-electron chi connectivity index (χ4n) is 3.92. The van der Waals surface area contributed by atoms with Gasteiger partial charge in [0.05, 0.1) is 28.6 Å². The Hall–Kier alpha value is -3.46. The normalized spacial score (nSPS) is 16.2. The molecule has 4 rings (SSSR count). The molecule has 1 atom stereocenters. The Morgan fingerprint density at radius 2 is 2.03 bits per heavy atom. The summed E-state index contributed by atoms with van der Waals surface area (Å²) in [7, 11) is 0. The predicted octanol–water partition coefficient (Wildman–Crippen LogP) is 3.79. The zero-order valence-electron chi connectivity index (χ0n) is 17.3. The van der Waals surface area contributed by atoms with Gasteiger partial charge in [0.15, 0.2) is 0 Å². The Kier molecular flexibility index (Phi) is 5.36. The summed E-state index contributed by atoms with van der Waals surface area (Å²) in [6.07, 6.45) is 2.56. The molecular weight excluding hydrogens is 408 g/mol. The lowest BCUT2D eigenvalue weighted by Crippen LogP contribution is -2.33. The topological polar surface area (TPSA) is 123 Å². The third-order valence-electron chi connectivity index (χ3n) is 5.69. The van der Waals surface area contributed by atoms with Gasteiger partial charge in [0.25, 0.3) is 0 Å². The Labute approximate surface area is 185 Å². The number of nitrogens with zero attached hydrogens (tertiary/aromatic N) is 5. The van der Waals surface area contributed by atoms with E-state index in [-0.39, 0.29) is 11.5 Å². The van der Waals surface area contributed by atoms with E-state index in [1.807, 2.05) is 31.4 Å². The number of aliphatic hydroxyl groups is 1. The van der Waals surface area contributed by atoms with Crippen LogP contribution >= 0.6 is 11.3 Å². The largest absolute Gasteiger partial charge is 0.398 e. The highest BCUT2D eigenvalue weighted by Gasteiger charge is 2.33. The van der Waals surface area contributed by atoms with Crippen LogP contribution in [0.25, 0.3) is 22.0 Å². The van der Waals surface area contributed by atoms with Crippen LogP contribution < -0.4 is 10.6 Å². The summed E-state index contributed by atoms with van der Waals surface area (Å²) in [5, 5.41) is 32.3. The number of thiazole rings is 1. The lowest BCUT2D eigenvalue weighted by Gasteiger charge is -2.26. The molecule has 156 valence electrons. The van der Waals surface area contributed by atoms with Crippen molar-refractivity contribution in [2.24, 2.45) is 5.92 Å². The minimum absolute atomic E-state index is 0.137. The van der Waals surface area contributed by atoms with Crippen LogP contribution in [0.2, 0.25) is 0 Å². The van der Waals surface area contributed by atoms with Crippen molar-refractivity contribution in [1.82, 2.24) is 9.97 Å². The van der Waals surface area contributed by atoms with Crippen LogP contribution in [0.1, 0.15) is 31.4 Å². The van der Waals surface area contributed by atoms with E-state index in [0.29, 0.717) is 39.8 Å². The van der Waals surface area contributed by atoms with E-state index in [1.54, 1.807) is 18.3 Å². The SMILES string of the molecule is CC(C)(O)C1CCN(c2cc(C#N)cc(-c3nc(-c4nccs4)cc(N)c3C#N)c2)C1. The Morgan fingerprint density at radius 3 is 2.65 bits per heavy atom. The number of pyridine rings is 1. The molecule has 3 heterocycles. The van der Waals surface area contributed by atoms with E-state index in [9.17, 15) is 15.6 Å². The second-order valence-corrected chi connectivity index (χ2v) is 9.13. The number of benzene rings is 1. The van der Waals surface area contributed by atoms with Crippen molar-refractivity contribution < 1.29 is 5.11 Å². The molecule has 0 radical (unpaired) electrons. The summed E-state index contributed by atoms with van der Waals surface area (Å²) in [5.41, 5.74) is 9.04. The second kappa shape index (κ2) is 7.99. The van der Waals surface area contributed by atoms with Gasteiger partial charge in [0.2, 0.25) is 0 Å². The van der Waals surface area contributed by atoms with Crippen LogP contribution in [0.4, 0.5) is 11.4 Å². The maximum Gasteiger partial charge on any atom is 0.141 e. The van der Waals surface area contributed by atoms with Gasteiger partial charge in [-0.05, 0) is 44.5 Å². The van der Waals surface area contributed by atoms with Gasteiger partial charge >= 0.3 is 0 Å². The molecular formula is C23H22N6OS. The smallest absolute Gasteiger partial charge is 0.141 e. The third kappa shape index (κ3) is 4.09. The quantitative estimate of drug-likeness (QED) is 0.645. The van der Waals surface area contributed by atoms with E-state index in [0.717, 1.165) is 18.7 Å². The minimum atomic E-state index is -0.767. The summed E-state index contributed by atoms with van der Waals surface area (Å²) < 4.78 is 0. The van der Waals surface area contributed by atoms with Crippen LogP contribution in [0.3, 0.4) is 0 Å². The van der Waals surface area contributed by atoms with Crippen molar-refractivity contribution in [1.29, 1.82) is 10.5 Å². The minimum Gasteiger partial charge on any atom is -0.398 e. The molecule has 1 aliphatic heterocycles. The number of hydrogen-bond acceptors (Lipinski definition) is 8. The molecule has 1 aliphatic rings. The van der Waals surface area contributed by atoms with Crippen LogP contribution in [0.15, 0.2) is 35.8 Å². The maximum atomic E-state index is 10.4. The van der Waals surface area contributed by atoms with Gasteiger partial charge in [-0.1, -0.05) is 0 Å². The van der Waals surface area contributed by atoms with Gasteiger partial charge in [-0.25, -0.2) is 9.97 Å². The van der Waals surface area contributed by atoms with Crippen molar-refractivity contribution >= 4 is 22.7 Å². The summed E-state index contributed by atoms with van der Waals surface area (Å²) >= 11 is 1.44. The molecule has 0 bridgehead atoms. The standard InChI is InChI=1S/C23H22N6OS/c1-23(2,30)16-3-5-29(13-16)17-8-14(11-24)7-15(9-17)21-18(12-25)19(26)10-20(28-21)22-27-4-6-31-22/h4,6-10,16,30H,3,5,13H2,1-2H3,(H2,26,28). The van der Waals surface area contributed by atoms with Crippen LogP contribution in [0.5, 0.6) is 0 Å². The van der Waals surface area contributed by atoms with E-state index in [1.165, 1.54) is 11.3 Å². The lowest BCUT2D eigenvalue weighted by atomic mass is 9.90. The van der Waals surface area contributed by atoms with Gasteiger partial charge in [-0.15, -0.1) is 11.3 Å². The first-order valence-electron chi connectivity index (χ1n) is 9.93. The molecule has 0 aliphatic carbocycles. The lowest BCUT2D eigenvalue weighted by molar-refractivity contribution is 0.0263. The molecule has 3 aromatic rings. The fourth-order valence-corrected chi connectivity index (χ4v) is 4.51. The Bertz CT molecular complexity index is 1200. The summed E-state index contributed by atoms with van der Waals surface area (Å²) in [4.78, 5) is 11.1. The molecule has 0 spiro atoms. The summed E-state index contributed by atoms with van der Waals surface area (Å²) in [6.45, 7) is 5.13. The molecule has 1 saturated heterocycles. The van der Waals surface area contributed by atoms with E-state index >= 15 is 0 Å². The average Bonchev–Trinajstić information content (AvgIpc) is 3.44. The zero-order valence-corrected chi connectivity index (χ0v) is 18.1. The first kappa shape index (κ1) is 20.8. The fraction of sp³-hybridized carbons (Fsp3) is 0.304. The third-order valence-corrected chi connectivity index (χ3v) is 6.48. The van der Waals surface area contributed by atoms with E-state index in [4.69, 9.17) is 10.7 Å². The van der Waals surface area contributed by atoms with Crippen molar-refractivity contribution in [3.63, 3.8) is 0 Å². The first-order valence-corrected chi connectivity index (χ1v) is 10.8. The van der Waals surface area contributed by atoms with Crippen molar-refractivity contribution in [3.8, 4) is 34.1 Å². The average molecular weight is 431 g/mol. The zero-order chi connectivity index (χ0) is 22.2. The monoisotopic (exact) mass is 430 g/mol. The second-order valence-electron chi connectivity index (χ2n) is 8.24. The summed E-state index contributed by atoms with van der Waals surface area (Å²) in [5.74, 6) is 0.137. The molecule has 31 heavy (non-hydrogen) atoms. The Morgan fingerprint density at radius 1 is 1.23 bits per heavy atom. The number of hydrogen-bond donors (Lipinski definition) is 2. The van der Waals surface area contributed by atoms with Gasteiger partial charge < -0.3 is 15.7 Å². The predicted molar refractivity (Wildman–Crippen MR) is 121 cm³/mol. The number of nitriles is 2. The molecule has 8 heteroatoms. The summed E-state index contributed by atoms with van der Waals surface area (Å²) in [6, 6.07) is 11.5. The molecule has 0 amide bonds. The number of anilines is 2. The van der Waals surface area contributed by atoms with E-state index < -0.39 is 5.60 Å². The molecule has 1 unspecified atom stereocenters. The first-order chi connectivity index (χ1) is 14.8. The van der Waals surface area contributed by atoms with Crippen molar-refractivity contribution in [2.75, 3.05) is 23.7 Å². The molecule has 0 saturated carbocycles. The molecule has 3 N–H and O–H groups in total. The van der Waals surface area contributed by atoms with Gasteiger partial charge in [0, 0.05) is 41.8 Å². The number of nitrogen functional groups attached to an aromatic ring is 1. The van der Waals surface area contributed by atoms with Gasteiger partial charge in [-0.2, -0.15) is 10.5 Å². The van der Waals surface area contributed by atoms with Crippen LogP contribution in [-0.4, -0.2) is 33.8 Å². The van der Waals surface area contributed by atoms with Crippen LogP contribution in [-0.2, 0) is 0 Å². The van der Waals surface area contributed by atoms with Crippen molar-refractivity contribution in [2.45, 2.75) is 25.9 Å². The van der Waals surface area contributed by atoms with Crippen LogP contribution in [0, 0.1) is 28.6 Å². The molecule has 2 aromatic heterocycles. The number of nitrogens with two attached hydrogens (primary N) is 1. The van der Waals surface area contributed by atoms with Crippen molar-refractivity contribution in [3.05, 3.63) is 47.0 Å². The van der Waals surface area contributed by atoms with Gasteiger partial charge in [-0.3, -0.25) is 0 Å². The molecule has 1 aromatic carbocycles. The number of aromatic nitrogens is 2. The van der Waals surface area contributed by atoms with Gasteiger partial charge in [0.1, 0.15) is 22.3 Å². The van der Waals surface area contributed by atoms with E-state index in [2.05, 4.69) is 22.0 Å². The highest BCUT2D eigenvalue weighted by Crippen LogP contribution is 2.36. The highest BCUT2D eigenvalue weighted by molar-refractivity contribution is 7.13. The molecule has 1 fully saturated rings. The maximum absolute atomic E-state index is 10.4. The number of rotatable bonds is 4. The molecule has 7 nitrogen and oxygen atoms in total. The Balaban J connectivity index is 1.81.